The molecule has 2 heterocycles. The van der Waals surface area contributed by atoms with Crippen molar-refractivity contribution >= 4 is 37.0 Å². The smallest absolute Gasteiger partial charge is 0.173 e. The normalized spacial score (nSPS) is 27.2. The molecule has 0 unspecified atom stereocenters. The summed E-state index contributed by atoms with van der Waals surface area (Å²) < 4.78 is 46.4. The molecule has 6 nitrogen and oxygen atoms in total. The van der Waals surface area contributed by atoms with E-state index in [4.69, 9.17) is 12.2 Å². The molecule has 126 valence electrons. The van der Waals surface area contributed by atoms with Gasteiger partial charge < -0.3 is 10.2 Å². The summed E-state index contributed by atoms with van der Waals surface area (Å²) in [7, 11) is -6.13. The highest BCUT2D eigenvalue weighted by Crippen LogP contribution is 2.22. The molecule has 0 radical (unpaired) electrons. The van der Waals surface area contributed by atoms with E-state index < -0.39 is 19.7 Å². The monoisotopic (exact) mass is 366 g/mol. The van der Waals surface area contributed by atoms with Gasteiger partial charge in [0.05, 0.1) is 22.7 Å². The van der Waals surface area contributed by atoms with Gasteiger partial charge in [0.2, 0.25) is 0 Å². The Labute approximate surface area is 137 Å². The van der Waals surface area contributed by atoms with Crippen LogP contribution in [0.4, 0.5) is 0 Å². The first-order valence-corrected chi connectivity index (χ1v) is 11.3. The molecule has 1 N–H and O–H groups in total. The molecule has 0 bridgehead atoms. The van der Waals surface area contributed by atoms with Crippen molar-refractivity contribution in [3.63, 3.8) is 0 Å². The lowest BCUT2D eigenvalue weighted by Gasteiger charge is -2.36. The molecule has 0 aliphatic carbocycles. The highest BCUT2D eigenvalue weighted by Gasteiger charge is 2.35. The van der Waals surface area contributed by atoms with E-state index in [0.717, 1.165) is 6.42 Å². The van der Waals surface area contributed by atoms with Crippen LogP contribution in [0.5, 0.6) is 0 Å². The molecule has 2 atom stereocenters. The average Bonchev–Trinajstić information content (AvgIpc) is 2.92. The van der Waals surface area contributed by atoms with Gasteiger partial charge in [0, 0.05) is 24.2 Å². The summed E-state index contributed by atoms with van der Waals surface area (Å²) >= 11 is 5.43. The van der Waals surface area contributed by atoms with Gasteiger partial charge in [-0.05, 0) is 32.0 Å². The largest absolute Gasteiger partial charge is 0.342 e. The third-order valence-corrected chi connectivity index (χ3v) is 7.63. The average molecular weight is 367 g/mol. The van der Waals surface area contributed by atoms with Gasteiger partial charge in [-0.3, -0.25) is 0 Å². The van der Waals surface area contributed by atoms with Crippen LogP contribution in [0.3, 0.4) is 0 Å². The van der Waals surface area contributed by atoms with Gasteiger partial charge in [0.25, 0.3) is 0 Å². The summed E-state index contributed by atoms with van der Waals surface area (Å²) in [4.78, 5) is 1.92. The van der Waals surface area contributed by atoms with Crippen LogP contribution in [0, 0.1) is 0 Å². The lowest BCUT2D eigenvalue weighted by atomic mass is 10.1. The minimum atomic E-state index is -3.13. The van der Waals surface area contributed by atoms with Crippen LogP contribution in [-0.2, 0) is 19.7 Å². The van der Waals surface area contributed by atoms with Crippen LogP contribution >= 0.6 is 12.2 Å². The van der Waals surface area contributed by atoms with E-state index in [2.05, 4.69) is 5.32 Å². The molecule has 0 spiro atoms. The summed E-state index contributed by atoms with van der Waals surface area (Å²) in [6, 6.07) is -0.0459. The molecule has 9 heteroatoms. The number of nitrogens with one attached hydrogen (secondary N) is 1. The molecular formula is C13H22N2O4S3. The summed E-state index contributed by atoms with van der Waals surface area (Å²) in [6.45, 7) is 4.02. The second-order valence-corrected chi connectivity index (χ2v) is 10.5. The van der Waals surface area contributed by atoms with Crippen molar-refractivity contribution in [1.29, 1.82) is 0 Å². The lowest BCUT2D eigenvalue weighted by Crippen LogP contribution is -2.50. The van der Waals surface area contributed by atoms with Crippen LogP contribution in [0.25, 0.3) is 0 Å². The van der Waals surface area contributed by atoms with E-state index in [1.165, 1.54) is 5.41 Å². The van der Waals surface area contributed by atoms with Gasteiger partial charge in [-0.25, -0.2) is 16.8 Å². The number of thiocarbonyl (C=S) groups is 1. The van der Waals surface area contributed by atoms with E-state index in [1.807, 2.05) is 18.7 Å². The zero-order chi connectivity index (χ0) is 16.5. The van der Waals surface area contributed by atoms with Crippen molar-refractivity contribution < 1.29 is 16.8 Å². The van der Waals surface area contributed by atoms with Gasteiger partial charge in [-0.1, -0.05) is 6.92 Å². The summed E-state index contributed by atoms with van der Waals surface area (Å²) in [6.07, 6.45) is 1.81. The Morgan fingerprint density at radius 2 is 2.09 bits per heavy atom. The number of hydrogen-bond donors (Lipinski definition) is 1. The predicted octanol–water partition coefficient (Wildman–Crippen LogP) is 0.808. The minimum absolute atomic E-state index is 0.0944. The molecule has 22 heavy (non-hydrogen) atoms. The van der Waals surface area contributed by atoms with Crippen molar-refractivity contribution in [2.24, 2.45) is 0 Å². The Morgan fingerprint density at radius 3 is 2.55 bits per heavy atom. The number of hydrogen-bond acceptors (Lipinski definition) is 5. The fraction of sp³-hybridized carbons (Fsp3) is 0.769. The fourth-order valence-electron chi connectivity index (χ4n) is 2.80. The summed E-state index contributed by atoms with van der Waals surface area (Å²) in [5.74, 6) is 0.389. The molecule has 1 saturated heterocycles. The second kappa shape index (κ2) is 6.45. The first-order valence-electron chi connectivity index (χ1n) is 7.36. The Hall–Kier alpha value is -0.670. The van der Waals surface area contributed by atoms with Gasteiger partial charge >= 0.3 is 0 Å². The Kier molecular flexibility index (Phi) is 5.18. The molecule has 0 aromatic carbocycles. The first kappa shape index (κ1) is 17.7. The highest BCUT2D eigenvalue weighted by molar-refractivity contribution is 7.94. The summed E-state index contributed by atoms with van der Waals surface area (Å²) in [5, 5.41) is 4.64. The fourth-order valence-corrected chi connectivity index (χ4v) is 6.20. The zero-order valence-electron chi connectivity index (χ0n) is 12.8. The van der Waals surface area contributed by atoms with Crippen LogP contribution in [0.15, 0.2) is 11.1 Å². The van der Waals surface area contributed by atoms with Crippen molar-refractivity contribution in [3.05, 3.63) is 11.1 Å². The van der Waals surface area contributed by atoms with Crippen molar-refractivity contribution in [1.82, 2.24) is 10.2 Å². The minimum Gasteiger partial charge on any atom is -0.342 e. The first-order chi connectivity index (χ1) is 10.1. The van der Waals surface area contributed by atoms with E-state index >= 15 is 0 Å². The molecular weight excluding hydrogens is 344 g/mol. The van der Waals surface area contributed by atoms with E-state index in [-0.39, 0.29) is 29.3 Å². The number of rotatable bonds is 4. The molecule has 0 amide bonds. The predicted molar refractivity (Wildman–Crippen MR) is 90.9 cm³/mol. The van der Waals surface area contributed by atoms with Crippen molar-refractivity contribution in [2.75, 3.05) is 17.3 Å². The van der Waals surface area contributed by atoms with E-state index in [1.54, 1.807) is 0 Å². The molecule has 0 aromatic heterocycles. The standard InChI is InChI=1S/C13H22N2O4S3/c1-3-10(2)15(12-5-7-22(18,19)9-12)13(20)14-11-4-6-21(16,17)8-11/h8,10,12H,3-7,9H2,1-2H3,(H,14,20)/t10-,12-/m1/s1. The Morgan fingerprint density at radius 1 is 1.41 bits per heavy atom. The number of sulfone groups is 2. The Balaban J connectivity index is 2.14. The third-order valence-electron chi connectivity index (χ3n) is 4.15. The third kappa shape index (κ3) is 4.20. The van der Waals surface area contributed by atoms with Gasteiger partial charge in [0.15, 0.2) is 24.8 Å². The highest BCUT2D eigenvalue weighted by atomic mass is 32.2. The van der Waals surface area contributed by atoms with Crippen molar-refractivity contribution in [2.45, 2.75) is 45.2 Å². The van der Waals surface area contributed by atoms with Gasteiger partial charge in [-0.15, -0.1) is 0 Å². The van der Waals surface area contributed by atoms with Crippen molar-refractivity contribution in [3.8, 4) is 0 Å². The van der Waals surface area contributed by atoms with Crippen LogP contribution in [-0.4, -0.2) is 56.2 Å². The van der Waals surface area contributed by atoms with Gasteiger partial charge in [-0.2, -0.15) is 0 Å². The maximum Gasteiger partial charge on any atom is 0.173 e. The molecule has 2 aliphatic rings. The maximum absolute atomic E-state index is 11.7. The summed E-state index contributed by atoms with van der Waals surface area (Å²) in [5.41, 5.74) is 0.583. The molecule has 0 aromatic rings. The lowest BCUT2D eigenvalue weighted by molar-refractivity contribution is 0.258. The van der Waals surface area contributed by atoms with E-state index in [9.17, 15) is 16.8 Å². The molecule has 2 aliphatic heterocycles. The SMILES string of the molecule is CC[C@@H](C)N(C(=S)NC1=CS(=O)(=O)CC1)[C@@H]1CCS(=O)(=O)C1. The van der Waals surface area contributed by atoms with Crippen LogP contribution < -0.4 is 5.32 Å². The molecule has 0 saturated carbocycles. The quantitative estimate of drug-likeness (QED) is 0.737. The van der Waals surface area contributed by atoms with Crippen LogP contribution in [0.1, 0.15) is 33.1 Å². The topological polar surface area (TPSA) is 83.6 Å². The van der Waals surface area contributed by atoms with Crippen LogP contribution in [0.2, 0.25) is 0 Å². The number of nitrogens with zero attached hydrogens (tertiary/aromatic N) is 1. The Bertz CT molecular complexity index is 682. The maximum atomic E-state index is 11.7. The molecule has 1 fully saturated rings. The van der Waals surface area contributed by atoms with Gasteiger partial charge in [0.1, 0.15) is 0 Å². The second-order valence-electron chi connectivity index (χ2n) is 5.91. The zero-order valence-corrected chi connectivity index (χ0v) is 15.2. The molecule has 2 rings (SSSR count). The van der Waals surface area contributed by atoms with E-state index in [0.29, 0.717) is 23.7 Å². The number of allylic oxidation sites excluding steroid dienone is 1.